The highest BCUT2D eigenvalue weighted by Crippen LogP contribution is 2.59. The van der Waals surface area contributed by atoms with E-state index < -0.39 is 59.1 Å². The van der Waals surface area contributed by atoms with Gasteiger partial charge >= 0.3 is 17.9 Å². The molecule has 168 valence electrons. The Hall–Kier alpha value is -3.53. The summed E-state index contributed by atoms with van der Waals surface area (Å²) in [7, 11) is 0. The number of esters is 3. The van der Waals surface area contributed by atoms with Crippen LogP contribution in [0.1, 0.15) is 27.7 Å². The Morgan fingerprint density at radius 2 is 1.47 bits per heavy atom. The molecule has 10 nitrogen and oxygen atoms in total. The third-order valence-corrected chi connectivity index (χ3v) is 5.75. The zero-order valence-electron chi connectivity index (χ0n) is 17.8. The van der Waals surface area contributed by atoms with Gasteiger partial charge in [-0.05, 0) is 37.3 Å². The van der Waals surface area contributed by atoms with Crippen LogP contribution >= 0.6 is 0 Å². The van der Waals surface area contributed by atoms with Crippen molar-refractivity contribution in [3.05, 3.63) is 36.4 Å². The topological polar surface area (TPSA) is 126 Å². The summed E-state index contributed by atoms with van der Waals surface area (Å²) in [5.74, 6) is -4.81. The minimum Gasteiger partial charge on any atom is -0.427 e. The van der Waals surface area contributed by atoms with Gasteiger partial charge in [0, 0.05) is 20.8 Å². The minimum absolute atomic E-state index is 0.263. The van der Waals surface area contributed by atoms with Crippen molar-refractivity contribution in [1.82, 2.24) is 0 Å². The van der Waals surface area contributed by atoms with Gasteiger partial charge in [0.15, 0.2) is 5.60 Å². The first kappa shape index (κ1) is 21.7. The highest BCUT2D eigenvalue weighted by atomic mass is 16.7. The molecule has 3 aliphatic rings. The molecule has 0 unspecified atom stereocenters. The molecule has 0 saturated carbocycles. The first-order valence-electron chi connectivity index (χ1n) is 9.90. The average molecular weight is 443 g/mol. The van der Waals surface area contributed by atoms with E-state index >= 15 is 0 Å². The first-order chi connectivity index (χ1) is 15.0. The third-order valence-electron chi connectivity index (χ3n) is 5.75. The van der Waals surface area contributed by atoms with Crippen LogP contribution in [0.15, 0.2) is 36.4 Å². The van der Waals surface area contributed by atoms with E-state index in [-0.39, 0.29) is 11.4 Å². The number of hydrogen-bond acceptors (Lipinski definition) is 9. The van der Waals surface area contributed by atoms with Crippen LogP contribution in [-0.2, 0) is 38.2 Å². The van der Waals surface area contributed by atoms with Crippen molar-refractivity contribution in [3.63, 3.8) is 0 Å². The fourth-order valence-corrected chi connectivity index (χ4v) is 4.65. The van der Waals surface area contributed by atoms with Crippen molar-refractivity contribution in [2.45, 2.75) is 45.2 Å². The van der Waals surface area contributed by atoms with Crippen LogP contribution in [0.2, 0.25) is 0 Å². The van der Waals surface area contributed by atoms with Crippen molar-refractivity contribution in [2.24, 2.45) is 11.8 Å². The molecule has 4 rings (SSSR count). The van der Waals surface area contributed by atoms with Gasteiger partial charge in [0.25, 0.3) is 6.29 Å². The maximum absolute atomic E-state index is 13.5. The van der Waals surface area contributed by atoms with Crippen molar-refractivity contribution in [2.75, 3.05) is 4.90 Å². The number of benzene rings is 1. The number of carbonyl (C=O) groups is 5. The lowest BCUT2D eigenvalue weighted by Gasteiger charge is -2.34. The number of anilines is 1. The maximum Gasteiger partial charge on any atom is 0.308 e. The second kappa shape index (κ2) is 7.27. The van der Waals surface area contributed by atoms with Crippen LogP contribution in [0.4, 0.5) is 5.69 Å². The summed E-state index contributed by atoms with van der Waals surface area (Å²) < 4.78 is 21.5. The van der Waals surface area contributed by atoms with Gasteiger partial charge in [0.1, 0.15) is 5.75 Å². The van der Waals surface area contributed by atoms with Crippen molar-refractivity contribution in [3.8, 4) is 5.75 Å². The van der Waals surface area contributed by atoms with Gasteiger partial charge in [-0.25, -0.2) is 4.90 Å². The standard InChI is InChI=1S/C22H21NO9/c1-11(24)29-15-7-5-14(6-8-15)23-18(27)16-17(19(23)28)22(10-9-21(16,4)32-22)20(30-12(2)25)31-13(3)26/h5-10,16-17,20H,1-4H3/t16-,17+,21+,22+/m1/s1. The van der Waals surface area contributed by atoms with E-state index in [2.05, 4.69) is 0 Å². The molecule has 2 saturated heterocycles. The number of ether oxygens (including phenoxy) is 4. The Balaban J connectivity index is 1.72. The van der Waals surface area contributed by atoms with E-state index in [0.29, 0.717) is 0 Å². The SMILES string of the molecule is CC(=O)Oc1ccc(N2C(=O)[C@@H]3[C@H](C2=O)[C@]2(C)C=C[C@]3(C(OC(C)=O)OC(C)=O)O2)cc1. The number of hydrogen-bond donors (Lipinski definition) is 0. The molecule has 2 fully saturated rings. The van der Waals surface area contributed by atoms with Gasteiger partial charge in [0.05, 0.1) is 23.1 Å². The van der Waals surface area contributed by atoms with Crippen molar-refractivity contribution in [1.29, 1.82) is 0 Å². The summed E-state index contributed by atoms with van der Waals surface area (Å²) in [6.07, 6.45) is 1.59. The van der Waals surface area contributed by atoms with Crippen LogP contribution in [0.3, 0.4) is 0 Å². The van der Waals surface area contributed by atoms with Crippen molar-refractivity contribution < 1.29 is 42.9 Å². The van der Waals surface area contributed by atoms with Gasteiger partial charge in [-0.15, -0.1) is 0 Å². The lowest BCUT2D eigenvalue weighted by molar-refractivity contribution is -0.231. The Bertz CT molecular complexity index is 1050. The number of fused-ring (bicyclic) bond motifs is 5. The first-order valence-corrected chi connectivity index (χ1v) is 9.90. The zero-order valence-corrected chi connectivity index (χ0v) is 17.8. The number of carbonyl (C=O) groups excluding carboxylic acids is 5. The van der Waals surface area contributed by atoms with Crippen LogP contribution < -0.4 is 9.64 Å². The Kier molecular flexibility index (Phi) is 4.93. The largest absolute Gasteiger partial charge is 0.427 e. The molecule has 0 aromatic heterocycles. The minimum atomic E-state index is -1.64. The summed E-state index contributed by atoms with van der Waals surface area (Å²) in [6, 6.07) is 5.89. The van der Waals surface area contributed by atoms with Gasteiger partial charge in [0.2, 0.25) is 11.8 Å². The molecule has 0 aliphatic carbocycles. The Morgan fingerprint density at radius 1 is 0.906 bits per heavy atom. The number of imide groups is 1. The Labute approximate surface area is 183 Å². The molecule has 1 aromatic carbocycles. The second-order valence-electron chi connectivity index (χ2n) is 8.08. The fourth-order valence-electron chi connectivity index (χ4n) is 4.65. The Morgan fingerprint density at radius 3 is 2.00 bits per heavy atom. The molecule has 2 bridgehead atoms. The number of amides is 2. The van der Waals surface area contributed by atoms with Gasteiger partial charge < -0.3 is 18.9 Å². The summed E-state index contributed by atoms with van der Waals surface area (Å²) in [4.78, 5) is 62.4. The number of rotatable bonds is 5. The molecule has 0 radical (unpaired) electrons. The molecule has 3 aliphatic heterocycles. The molecule has 1 aromatic rings. The molecule has 0 N–H and O–H groups in total. The molecule has 3 heterocycles. The monoisotopic (exact) mass is 443 g/mol. The summed E-state index contributed by atoms with van der Waals surface area (Å²) >= 11 is 0. The van der Waals surface area contributed by atoms with Crippen molar-refractivity contribution >= 4 is 35.4 Å². The molecule has 10 heteroatoms. The van der Waals surface area contributed by atoms with E-state index in [4.69, 9.17) is 18.9 Å². The van der Waals surface area contributed by atoms with Crippen LogP contribution in [0.25, 0.3) is 0 Å². The summed E-state index contributed by atoms with van der Waals surface area (Å²) in [6.45, 7) is 5.17. The lowest BCUT2D eigenvalue weighted by atomic mass is 9.72. The van der Waals surface area contributed by atoms with E-state index in [9.17, 15) is 24.0 Å². The smallest absolute Gasteiger partial charge is 0.308 e. The van der Waals surface area contributed by atoms with E-state index in [1.54, 1.807) is 13.0 Å². The maximum atomic E-state index is 13.5. The van der Waals surface area contributed by atoms with Crippen LogP contribution in [0.5, 0.6) is 5.75 Å². The molecule has 0 spiro atoms. The van der Waals surface area contributed by atoms with Crippen LogP contribution in [-0.4, -0.2) is 47.2 Å². The van der Waals surface area contributed by atoms with Gasteiger partial charge in [-0.3, -0.25) is 24.0 Å². The normalized spacial score (nSPS) is 30.0. The van der Waals surface area contributed by atoms with E-state index in [1.165, 1.54) is 37.3 Å². The highest BCUT2D eigenvalue weighted by molar-refractivity contribution is 6.23. The molecular weight excluding hydrogens is 422 g/mol. The quantitative estimate of drug-likeness (QED) is 0.217. The highest BCUT2D eigenvalue weighted by Gasteiger charge is 2.75. The number of nitrogens with zero attached hydrogens (tertiary/aromatic N) is 1. The summed E-state index contributed by atoms with van der Waals surface area (Å²) in [5, 5.41) is 0. The van der Waals surface area contributed by atoms with Crippen LogP contribution in [0, 0.1) is 11.8 Å². The lowest BCUT2D eigenvalue weighted by Crippen LogP contribution is -2.52. The van der Waals surface area contributed by atoms with E-state index in [0.717, 1.165) is 18.7 Å². The fraction of sp³-hybridized carbons (Fsp3) is 0.409. The van der Waals surface area contributed by atoms with E-state index in [1.807, 2.05) is 0 Å². The average Bonchev–Trinajstić information content (AvgIpc) is 3.27. The molecule has 4 atom stereocenters. The summed E-state index contributed by atoms with van der Waals surface area (Å²) in [5.41, 5.74) is -2.53. The predicted molar refractivity (Wildman–Crippen MR) is 106 cm³/mol. The predicted octanol–water partition coefficient (Wildman–Crippen LogP) is 1.27. The van der Waals surface area contributed by atoms with Gasteiger partial charge in [-0.2, -0.15) is 0 Å². The zero-order chi connectivity index (χ0) is 23.4. The second-order valence-corrected chi connectivity index (χ2v) is 8.08. The molecule has 32 heavy (non-hydrogen) atoms. The molecular formula is C22H21NO9. The van der Waals surface area contributed by atoms with Gasteiger partial charge in [-0.1, -0.05) is 6.08 Å². The third kappa shape index (κ3) is 3.18. The molecule has 2 amide bonds.